The Morgan fingerprint density at radius 1 is 1.00 bits per heavy atom. The number of H-pyrrole nitrogens is 1. The first kappa shape index (κ1) is 29.7. The number of amides is 1. The lowest BCUT2D eigenvalue weighted by atomic mass is 9.85. The van der Waals surface area contributed by atoms with E-state index in [2.05, 4.69) is 60.6 Å². The van der Waals surface area contributed by atoms with Gasteiger partial charge in [0, 0.05) is 35.1 Å². The molecular formula is C30H40N4O5. The molecule has 2 heterocycles. The van der Waals surface area contributed by atoms with Gasteiger partial charge in [-0.3, -0.25) is 10.1 Å². The van der Waals surface area contributed by atoms with E-state index in [1.54, 1.807) is 0 Å². The second kappa shape index (κ2) is 11.9. The Balaban J connectivity index is 2.10. The molecule has 0 fully saturated rings. The minimum Gasteiger partial charge on any atom is -0.472 e. The van der Waals surface area contributed by atoms with E-state index in [-0.39, 0.29) is 30.1 Å². The van der Waals surface area contributed by atoms with Crippen molar-refractivity contribution in [3.05, 3.63) is 64.1 Å². The average Bonchev–Trinajstić information content (AvgIpc) is 3.29. The number of aromatic amines is 1. The van der Waals surface area contributed by atoms with Gasteiger partial charge < -0.3 is 19.5 Å². The van der Waals surface area contributed by atoms with E-state index in [4.69, 9.17) is 19.2 Å². The zero-order chi connectivity index (χ0) is 29.0. The van der Waals surface area contributed by atoms with Crippen molar-refractivity contribution in [2.75, 3.05) is 7.11 Å². The van der Waals surface area contributed by atoms with Gasteiger partial charge in [0.25, 0.3) is 0 Å². The van der Waals surface area contributed by atoms with Crippen molar-refractivity contribution in [2.45, 2.75) is 80.6 Å². The van der Waals surface area contributed by atoms with Gasteiger partial charge in [-0.25, -0.2) is 9.59 Å². The molecule has 210 valence electrons. The molecule has 39 heavy (non-hydrogen) atoms. The van der Waals surface area contributed by atoms with Crippen LogP contribution in [0.25, 0.3) is 11.1 Å². The molecule has 2 N–H and O–H groups in total. The maximum atomic E-state index is 12.6. The molecular weight excluding hydrogens is 496 g/mol. The zero-order valence-corrected chi connectivity index (χ0v) is 24.4. The Morgan fingerprint density at radius 2 is 1.67 bits per heavy atom. The molecule has 0 aliphatic heterocycles. The summed E-state index contributed by atoms with van der Waals surface area (Å²) in [6, 6.07) is 9.74. The van der Waals surface area contributed by atoms with Crippen molar-refractivity contribution >= 4 is 12.1 Å². The number of alkyl carbamates (subject to hydrolysis) is 1. The molecule has 9 nitrogen and oxygen atoms in total. The number of carbonyl (C=O) groups is 2. The molecule has 1 amide bonds. The Bertz CT molecular complexity index is 1310. The largest absolute Gasteiger partial charge is 0.472 e. The highest BCUT2D eigenvalue weighted by Gasteiger charge is 2.25. The van der Waals surface area contributed by atoms with Gasteiger partial charge in [0.1, 0.15) is 17.9 Å². The summed E-state index contributed by atoms with van der Waals surface area (Å²) in [5.74, 6) is -0.269. The summed E-state index contributed by atoms with van der Waals surface area (Å²) in [4.78, 5) is 29.5. The monoisotopic (exact) mass is 536 g/mol. The molecule has 0 spiro atoms. The first-order chi connectivity index (χ1) is 18.2. The number of aryl methyl sites for hydroxylation is 2. The molecule has 9 heteroatoms. The van der Waals surface area contributed by atoms with Crippen LogP contribution in [0.5, 0.6) is 5.88 Å². The van der Waals surface area contributed by atoms with Crippen LogP contribution in [0, 0.1) is 19.3 Å². The molecule has 1 aromatic carbocycles. The molecule has 0 aliphatic carbocycles. The summed E-state index contributed by atoms with van der Waals surface area (Å²) in [5, 5.41) is 9.65. The van der Waals surface area contributed by atoms with Gasteiger partial charge in [-0.05, 0) is 57.6 Å². The van der Waals surface area contributed by atoms with Crippen LogP contribution >= 0.6 is 0 Å². The summed E-state index contributed by atoms with van der Waals surface area (Å²) in [5.41, 5.74) is 6.09. The number of nitrogens with zero attached hydrogens (tertiary/aromatic N) is 2. The number of esters is 1. The fourth-order valence-electron chi connectivity index (χ4n) is 4.14. The number of methoxy groups -OCH3 is 1. The van der Waals surface area contributed by atoms with Gasteiger partial charge >= 0.3 is 12.1 Å². The van der Waals surface area contributed by atoms with Crippen LogP contribution in [0.3, 0.4) is 0 Å². The van der Waals surface area contributed by atoms with Gasteiger partial charge in [-0.2, -0.15) is 0 Å². The van der Waals surface area contributed by atoms with E-state index in [1.807, 2.05) is 34.6 Å². The number of benzene rings is 1. The second-order valence-electron chi connectivity index (χ2n) is 11.8. The van der Waals surface area contributed by atoms with E-state index in [0.717, 1.165) is 39.2 Å². The van der Waals surface area contributed by atoms with E-state index >= 15 is 0 Å². The quantitative estimate of drug-likeness (QED) is 0.336. The topological polar surface area (TPSA) is 115 Å². The molecule has 3 rings (SSSR count). The maximum Gasteiger partial charge on any atom is 0.407 e. The fraction of sp³-hybridized carbons (Fsp3) is 0.467. The standard InChI is InChI=1S/C30H40N4O5/c1-18-10-12-20(13-11-18)26-21(16-31-28(36)39-30(6,7)8)24(15-29(3,4)5)32-19(2)22(26)17-38-25-14-23(33-34-25)27(35)37-9/h10-14H,15-17H2,1-9H3,(H,31,36)(H,33,34). The number of hydrogen-bond donors (Lipinski definition) is 2. The molecule has 0 bridgehead atoms. The van der Waals surface area contributed by atoms with Gasteiger partial charge in [0.2, 0.25) is 5.88 Å². The molecule has 0 saturated heterocycles. The smallest absolute Gasteiger partial charge is 0.407 e. The summed E-state index contributed by atoms with van der Waals surface area (Å²) in [7, 11) is 1.30. The van der Waals surface area contributed by atoms with E-state index < -0.39 is 17.7 Å². The lowest BCUT2D eigenvalue weighted by Crippen LogP contribution is -2.33. The summed E-state index contributed by atoms with van der Waals surface area (Å²) in [6.45, 7) is 16.4. The number of aromatic nitrogens is 3. The predicted molar refractivity (Wildman–Crippen MR) is 150 cm³/mol. The fourth-order valence-corrected chi connectivity index (χ4v) is 4.14. The first-order valence-corrected chi connectivity index (χ1v) is 13.0. The van der Waals surface area contributed by atoms with Crippen molar-refractivity contribution in [1.29, 1.82) is 0 Å². The Labute approximate surface area is 230 Å². The molecule has 3 aromatic rings. The van der Waals surface area contributed by atoms with Crippen molar-refractivity contribution < 1.29 is 23.8 Å². The SMILES string of the molecule is COC(=O)c1cc(OCc2c(C)nc(CC(C)(C)C)c(CNC(=O)OC(C)(C)C)c2-c2ccc(C)cc2)n[nH]1. The molecule has 0 radical (unpaired) electrons. The van der Waals surface area contributed by atoms with Crippen LogP contribution in [0.2, 0.25) is 0 Å². The third kappa shape index (κ3) is 8.30. The minimum absolute atomic E-state index is 0.0397. The maximum absolute atomic E-state index is 12.6. The Hall–Kier alpha value is -3.88. The number of ether oxygens (including phenoxy) is 3. The third-order valence-electron chi connectivity index (χ3n) is 5.86. The Kier molecular flexibility index (Phi) is 9.04. The third-order valence-corrected chi connectivity index (χ3v) is 5.86. The predicted octanol–water partition coefficient (Wildman–Crippen LogP) is 6.07. The van der Waals surface area contributed by atoms with Crippen LogP contribution in [-0.2, 0) is 29.0 Å². The molecule has 0 aliphatic rings. The van der Waals surface area contributed by atoms with Gasteiger partial charge in [0.15, 0.2) is 0 Å². The van der Waals surface area contributed by atoms with E-state index in [0.29, 0.717) is 6.42 Å². The molecule has 0 unspecified atom stereocenters. The summed E-state index contributed by atoms with van der Waals surface area (Å²) < 4.78 is 16.3. The highest BCUT2D eigenvalue weighted by molar-refractivity contribution is 5.87. The average molecular weight is 537 g/mol. The summed E-state index contributed by atoms with van der Waals surface area (Å²) >= 11 is 0. The second-order valence-corrected chi connectivity index (χ2v) is 11.8. The van der Waals surface area contributed by atoms with Crippen LogP contribution in [-0.4, -0.2) is 40.0 Å². The van der Waals surface area contributed by atoms with Crippen molar-refractivity contribution in [2.24, 2.45) is 5.41 Å². The van der Waals surface area contributed by atoms with E-state index in [1.165, 1.54) is 13.2 Å². The highest BCUT2D eigenvalue weighted by Crippen LogP contribution is 2.35. The minimum atomic E-state index is -0.616. The number of rotatable bonds is 8. The van der Waals surface area contributed by atoms with Crippen LogP contribution in [0.4, 0.5) is 4.79 Å². The van der Waals surface area contributed by atoms with Crippen molar-refractivity contribution in [3.63, 3.8) is 0 Å². The number of nitrogens with one attached hydrogen (secondary N) is 2. The van der Waals surface area contributed by atoms with Gasteiger partial charge in [-0.1, -0.05) is 50.6 Å². The lowest BCUT2D eigenvalue weighted by molar-refractivity contribution is 0.0522. The first-order valence-electron chi connectivity index (χ1n) is 13.0. The highest BCUT2D eigenvalue weighted by atomic mass is 16.6. The number of pyridine rings is 1. The zero-order valence-electron chi connectivity index (χ0n) is 24.4. The molecule has 0 saturated carbocycles. The van der Waals surface area contributed by atoms with E-state index in [9.17, 15) is 9.59 Å². The number of hydrogen-bond acceptors (Lipinski definition) is 7. The molecule has 2 aromatic heterocycles. The van der Waals surface area contributed by atoms with Crippen molar-refractivity contribution in [3.8, 4) is 17.0 Å². The van der Waals surface area contributed by atoms with Crippen LogP contribution < -0.4 is 10.1 Å². The molecule has 0 atom stereocenters. The van der Waals surface area contributed by atoms with Gasteiger partial charge in [0.05, 0.1) is 7.11 Å². The van der Waals surface area contributed by atoms with Gasteiger partial charge in [-0.15, -0.1) is 5.10 Å². The Morgan fingerprint density at radius 3 is 2.26 bits per heavy atom. The summed E-state index contributed by atoms with van der Waals surface area (Å²) in [6.07, 6.45) is 0.213. The van der Waals surface area contributed by atoms with Crippen molar-refractivity contribution in [1.82, 2.24) is 20.5 Å². The number of carbonyl (C=O) groups excluding carboxylic acids is 2. The normalized spacial score (nSPS) is 11.7. The van der Waals surface area contributed by atoms with Crippen LogP contribution in [0.1, 0.15) is 80.1 Å². The lowest BCUT2D eigenvalue weighted by Gasteiger charge is -2.26. The van der Waals surface area contributed by atoms with Crippen LogP contribution in [0.15, 0.2) is 30.3 Å².